The van der Waals surface area contributed by atoms with Crippen LogP contribution in [0.15, 0.2) is 96.5 Å². The Morgan fingerprint density at radius 2 is 1.65 bits per heavy atom. The number of para-hydroxylation sites is 1. The van der Waals surface area contributed by atoms with E-state index in [1.807, 2.05) is 6.07 Å². The number of pyridine rings is 1. The van der Waals surface area contributed by atoms with Crippen LogP contribution >= 0.6 is 11.8 Å². The predicted molar refractivity (Wildman–Crippen MR) is 139 cm³/mol. The summed E-state index contributed by atoms with van der Waals surface area (Å²) in [5.74, 6) is 0.723. The van der Waals surface area contributed by atoms with Crippen LogP contribution in [0, 0.1) is 6.92 Å². The topological polar surface area (TPSA) is 67.3 Å². The normalized spacial score (nSPS) is 11.3. The molecule has 3 aromatic heterocycles. The second-order valence-electron chi connectivity index (χ2n) is 8.12. The molecule has 0 aliphatic heterocycles. The van der Waals surface area contributed by atoms with Crippen molar-refractivity contribution in [3.63, 3.8) is 0 Å². The Balaban J connectivity index is 1.51. The first-order valence-electron chi connectivity index (χ1n) is 11.1. The Hall–Kier alpha value is -4.03. The van der Waals surface area contributed by atoms with Crippen molar-refractivity contribution < 1.29 is 0 Å². The first-order valence-corrected chi connectivity index (χ1v) is 12.1. The molecule has 0 bridgehead atoms. The summed E-state index contributed by atoms with van der Waals surface area (Å²) in [6, 6.07) is 27.6. The molecular formula is C28H21N5S. The third kappa shape index (κ3) is 3.72. The molecule has 0 amide bonds. The molecule has 3 aromatic carbocycles. The number of hydrogen-bond donors (Lipinski definition) is 1. The molecule has 5 nitrogen and oxygen atoms in total. The molecule has 0 unspecified atom stereocenters. The number of aromatic nitrogens is 5. The molecule has 164 valence electrons. The molecule has 0 spiro atoms. The molecule has 0 atom stereocenters. The number of aromatic amines is 1. The van der Waals surface area contributed by atoms with Gasteiger partial charge in [0.2, 0.25) is 0 Å². The van der Waals surface area contributed by atoms with Crippen molar-refractivity contribution in [1.82, 2.24) is 24.9 Å². The predicted octanol–water partition coefficient (Wildman–Crippen LogP) is 6.84. The third-order valence-electron chi connectivity index (χ3n) is 5.95. The first-order chi connectivity index (χ1) is 16.8. The fourth-order valence-corrected chi connectivity index (χ4v) is 5.22. The number of thioether (sulfide) groups is 1. The lowest BCUT2D eigenvalue weighted by atomic mass is 9.94. The van der Waals surface area contributed by atoms with Gasteiger partial charge < -0.3 is 4.98 Å². The standard InChI is InChI=1S/C28H21N5S/c1-18-8-7-11-20-14-21(15-34-28-26-27(30-16-29-26)31-17-32-28)25(33-24(18)20)23-13-6-5-12-22(23)19-9-3-2-4-10-19/h2-14,16-17H,15H2,1H3,(H,29,30,31,32). The van der Waals surface area contributed by atoms with Crippen molar-refractivity contribution in [3.8, 4) is 22.4 Å². The average Bonchev–Trinajstić information content (AvgIpc) is 3.37. The Kier molecular flexibility index (Phi) is 5.28. The van der Waals surface area contributed by atoms with Gasteiger partial charge in [0, 0.05) is 16.7 Å². The number of fused-ring (bicyclic) bond motifs is 2. The third-order valence-corrected chi connectivity index (χ3v) is 6.98. The zero-order valence-corrected chi connectivity index (χ0v) is 19.4. The zero-order chi connectivity index (χ0) is 22.9. The summed E-state index contributed by atoms with van der Waals surface area (Å²) in [4.78, 5) is 21.4. The SMILES string of the molecule is Cc1cccc2cc(CSc3ncnc4nc[nH]c34)c(-c3ccccc3-c3ccccc3)nc12. The number of rotatable bonds is 5. The molecule has 6 heteroatoms. The fourth-order valence-electron chi connectivity index (χ4n) is 4.29. The highest BCUT2D eigenvalue weighted by Gasteiger charge is 2.16. The highest BCUT2D eigenvalue weighted by atomic mass is 32.2. The summed E-state index contributed by atoms with van der Waals surface area (Å²) < 4.78 is 0. The van der Waals surface area contributed by atoms with Gasteiger partial charge in [-0.1, -0.05) is 84.6 Å². The maximum Gasteiger partial charge on any atom is 0.181 e. The van der Waals surface area contributed by atoms with Crippen molar-refractivity contribution in [2.75, 3.05) is 0 Å². The second-order valence-corrected chi connectivity index (χ2v) is 9.09. The number of nitrogens with zero attached hydrogens (tertiary/aromatic N) is 4. The summed E-state index contributed by atoms with van der Waals surface area (Å²) in [5, 5.41) is 2.03. The molecule has 3 heterocycles. The maximum atomic E-state index is 5.23. The number of H-pyrrole nitrogens is 1. The molecule has 1 N–H and O–H groups in total. The van der Waals surface area contributed by atoms with Gasteiger partial charge in [0.05, 0.1) is 17.5 Å². The molecule has 0 saturated carbocycles. The lowest BCUT2D eigenvalue weighted by Gasteiger charge is -2.15. The number of imidazole rings is 1. The Bertz CT molecular complexity index is 1630. The van der Waals surface area contributed by atoms with Gasteiger partial charge in [0.25, 0.3) is 0 Å². The fraction of sp³-hybridized carbons (Fsp3) is 0.0714. The van der Waals surface area contributed by atoms with Crippen LogP contribution in [0.1, 0.15) is 11.1 Å². The number of hydrogen-bond acceptors (Lipinski definition) is 5. The van der Waals surface area contributed by atoms with E-state index in [1.165, 1.54) is 16.7 Å². The first kappa shape index (κ1) is 20.6. The van der Waals surface area contributed by atoms with Gasteiger partial charge in [0.1, 0.15) is 16.9 Å². The molecule has 6 aromatic rings. The van der Waals surface area contributed by atoms with Crippen molar-refractivity contribution in [1.29, 1.82) is 0 Å². The number of benzene rings is 3. The van der Waals surface area contributed by atoms with Gasteiger partial charge in [0.15, 0.2) is 5.65 Å². The summed E-state index contributed by atoms with van der Waals surface area (Å²) in [7, 11) is 0. The van der Waals surface area contributed by atoms with Gasteiger partial charge in [-0.15, -0.1) is 0 Å². The lowest BCUT2D eigenvalue weighted by molar-refractivity contribution is 1.08. The molecule has 0 fully saturated rings. The van der Waals surface area contributed by atoms with E-state index >= 15 is 0 Å². The van der Waals surface area contributed by atoms with E-state index in [1.54, 1.807) is 24.4 Å². The quantitative estimate of drug-likeness (QED) is 0.226. The Labute approximate surface area is 201 Å². The zero-order valence-electron chi connectivity index (χ0n) is 18.6. The monoisotopic (exact) mass is 459 g/mol. The molecule has 0 saturated heterocycles. The molecule has 34 heavy (non-hydrogen) atoms. The maximum absolute atomic E-state index is 5.23. The summed E-state index contributed by atoms with van der Waals surface area (Å²) in [6.45, 7) is 2.12. The van der Waals surface area contributed by atoms with Crippen molar-refractivity contribution in [3.05, 3.63) is 103 Å². The van der Waals surface area contributed by atoms with Gasteiger partial charge in [-0.3, -0.25) is 0 Å². The van der Waals surface area contributed by atoms with E-state index in [9.17, 15) is 0 Å². The van der Waals surface area contributed by atoms with Crippen molar-refractivity contribution >= 4 is 33.8 Å². The number of aryl methyl sites for hydroxylation is 1. The van der Waals surface area contributed by atoms with Gasteiger partial charge >= 0.3 is 0 Å². The smallest absolute Gasteiger partial charge is 0.181 e. The van der Waals surface area contributed by atoms with Crippen LogP contribution in [-0.4, -0.2) is 24.9 Å². The summed E-state index contributed by atoms with van der Waals surface area (Å²) >= 11 is 1.67. The lowest BCUT2D eigenvalue weighted by Crippen LogP contribution is -1.97. The van der Waals surface area contributed by atoms with E-state index in [0.717, 1.165) is 44.0 Å². The van der Waals surface area contributed by atoms with Crippen LogP contribution in [0.4, 0.5) is 0 Å². The van der Waals surface area contributed by atoms with E-state index in [0.29, 0.717) is 5.65 Å². The van der Waals surface area contributed by atoms with Gasteiger partial charge in [-0.05, 0) is 35.2 Å². The molecule has 0 aliphatic carbocycles. The summed E-state index contributed by atoms with van der Waals surface area (Å²) in [6.07, 6.45) is 3.23. The molecule has 0 aliphatic rings. The van der Waals surface area contributed by atoms with E-state index in [4.69, 9.17) is 4.98 Å². The molecule has 6 rings (SSSR count). The van der Waals surface area contributed by atoms with Gasteiger partial charge in [-0.25, -0.2) is 19.9 Å². The largest absolute Gasteiger partial charge is 0.341 e. The van der Waals surface area contributed by atoms with E-state index in [2.05, 4.69) is 99.7 Å². The van der Waals surface area contributed by atoms with Crippen molar-refractivity contribution in [2.24, 2.45) is 0 Å². The number of nitrogens with one attached hydrogen (secondary N) is 1. The van der Waals surface area contributed by atoms with Crippen molar-refractivity contribution in [2.45, 2.75) is 17.7 Å². The van der Waals surface area contributed by atoms with E-state index in [-0.39, 0.29) is 0 Å². The van der Waals surface area contributed by atoms with Crippen LogP contribution in [0.3, 0.4) is 0 Å². The van der Waals surface area contributed by atoms with Crippen LogP contribution in [0.25, 0.3) is 44.5 Å². The van der Waals surface area contributed by atoms with Gasteiger partial charge in [-0.2, -0.15) is 0 Å². The minimum Gasteiger partial charge on any atom is -0.341 e. The summed E-state index contributed by atoms with van der Waals surface area (Å²) in [5.41, 5.74) is 9.40. The van der Waals surface area contributed by atoms with Crippen LogP contribution in [-0.2, 0) is 5.75 Å². The second kappa shape index (κ2) is 8.72. The molecule has 0 radical (unpaired) electrons. The highest BCUT2D eigenvalue weighted by molar-refractivity contribution is 7.98. The average molecular weight is 460 g/mol. The minimum absolute atomic E-state index is 0.680. The highest BCUT2D eigenvalue weighted by Crippen LogP contribution is 2.37. The molecular weight excluding hydrogens is 438 g/mol. The van der Waals surface area contributed by atoms with E-state index < -0.39 is 0 Å². The Morgan fingerprint density at radius 3 is 2.53 bits per heavy atom. The van der Waals surface area contributed by atoms with Crippen LogP contribution in [0.5, 0.6) is 0 Å². The van der Waals surface area contributed by atoms with Crippen LogP contribution in [0.2, 0.25) is 0 Å². The van der Waals surface area contributed by atoms with Crippen LogP contribution < -0.4 is 0 Å². The minimum atomic E-state index is 0.680. The Morgan fingerprint density at radius 1 is 0.824 bits per heavy atom.